The Labute approximate surface area is 187 Å². The van der Waals surface area contributed by atoms with Gasteiger partial charge < -0.3 is 9.47 Å². The summed E-state index contributed by atoms with van der Waals surface area (Å²) < 4.78 is 11.9. The van der Waals surface area contributed by atoms with Gasteiger partial charge >= 0.3 is 5.69 Å². The third-order valence-electron chi connectivity index (χ3n) is 5.19. The van der Waals surface area contributed by atoms with Crippen molar-refractivity contribution in [1.82, 2.24) is 0 Å². The van der Waals surface area contributed by atoms with E-state index in [4.69, 9.17) is 22.1 Å². The first kappa shape index (κ1) is 24.1. The van der Waals surface area contributed by atoms with Crippen molar-refractivity contribution in [2.75, 3.05) is 13.2 Å². The SMILES string of the molecule is CCCCCCCCCCOc1cc([N+]#N)c(OCC)c(S)c1-c1ccc(C)cc1. The minimum atomic E-state index is 0.337. The molecule has 162 valence electrons. The van der Waals surface area contributed by atoms with Crippen LogP contribution < -0.4 is 9.47 Å². The van der Waals surface area contributed by atoms with Gasteiger partial charge in [-0.05, 0) is 25.8 Å². The molecule has 5 heteroatoms. The Bertz CT molecular complexity index is 829. The van der Waals surface area contributed by atoms with Crippen LogP contribution in [0.2, 0.25) is 0 Å². The van der Waals surface area contributed by atoms with Gasteiger partial charge in [-0.25, -0.2) is 0 Å². The van der Waals surface area contributed by atoms with Gasteiger partial charge in [0, 0.05) is 5.56 Å². The Morgan fingerprint density at radius 2 is 1.53 bits per heavy atom. The molecule has 0 aromatic heterocycles. The standard InChI is InChI=1S/C25H34N2O2S/c1-4-6-7-8-9-10-11-12-17-29-22-18-21(27-26)24(28-5-2)25(30)23(22)20-15-13-19(3)14-16-20/h13-16,18H,4-12,17H2,1-3H3/p+1. The Kier molecular flexibility index (Phi) is 10.6. The van der Waals surface area contributed by atoms with Crippen molar-refractivity contribution in [3.05, 3.63) is 40.9 Å². The van der Waals surface area contributed by atoms with Crippen LogP contribution >= 0.6 is 12.6 Å². The molecule has 0 aliphatic heterocycles. The van der Waals surface area contributed by atoms with Crippen LogP contribution in [0.25, 0.3) is 16.1 Å². The first-order valence-electron chi connectivity index (χ1n) is 11.2. The van der Waals surface area contributed by atoms with Crippen molar-refractivity contribution in [3.8, 4) is 22.6 Å². The van der Waals surface area contributed by atoms with Gasteiger partial charge in [0.15, 0.2) is 4.98 Å². The molecule has 0 radical (unpaired) electrons. The van der Waals surface area contributed by atoms with E-state index in [9.17, 15) is 5.39 Å². The fraction of sp³-hybridized carbons (Fsp3) is 0.520. The Hall–Kier alpha value is -2.19. The van der Waals surface area contributed by atoms with Crippen molar-refractivity contribution in [1.29, 1.82) is 5.39 Å². The van der Waals surface area contributed by atoms with E-state index < -0.39 is 0 Å². The average molecular weight is 428 g/mol. The summed E-state index contributed by atoms with van der Waals surface area (Å²) in [6.45, 7) is 7.29. The third-order valence-corrected chi connectivity index (χ3v) is 5.62. The van der Waals surface area contributed by atoms with Gasteiger partial charge in [-0.2, -0.15) is 0 Å². The topological polar surface area (TPSA) is 46.6 Å². The zero-order valence-corrected chi connectivity index (χ0v) is 19.5. The minimum absolute atomic E-state index is 0.337. The molecule has 0 amide bonds. The number of aryl methyl sites for hydroxylation is 1. The van der Waals surface area contributed by atoms with E-state index in [1.165, 1.54) is 44.1 Å². The number of diazo groups is 1. The lowest BCUT2D eigenvalue weighted by atomic mass is 10.0. The van der Waals surface area contributed by atoms with Crippen molar-refractivity contribution < 1.29 is 9.47 Å². The van der Waals surface area contributed by atoms with Crippen molar-refractivity contribution >= 4 is 18.3 Å². The van der Waals surface area contributed by atoms with E-state index in [0.717, 1.165) is 24.0 Å². The third kappa shape index (κ3) is 6.95. The molecule has 0 fully saturated rings. The molecule has 0 aliphatic carbocycles. The molecule has 2 aromatic carbocycles. The van der Waals surface area contributed by atoms with Crippen LogP contribution in [0.4, 0.5) is 5.69 Å². The van der Waals surface area contributed by atoms with Crippen molar-refractivity contribution in [3.63, 3.8) is 0 Å². The molecular formula is C25H35N2O2S+. The number of hydrogen-bond acceptors (Lipinski definition) is 4. The van der Waals surface area contributed by atoms with Gasteiger partial charge in [0.1, 0.15) is 5.75 Å². The quantitative estimate of drug-likeness (QED) is 0.198. The summed E-state index contributed by atoms with van der Waals surface area (Å²) in [5.74, 6) is 1.14. The fourth-order valence-electron chi connectivity index (χ4n) is 3.51. The van der Waals surface area contributed by atoms with Crippen LogP contribution in [0, 0.1) is 12.3 Å². The summed E-state index contributed by atoms with van der Waals surface area (Å²) in [6, 6.07) is 9.98. The molecule has 0 unspecified atom stereocenters. The normalized spacial score (nSPS) is 10.6. The van der Waals surface area contributed by atoms with E-state index in [2.05, 4.69) is 43.1 Å². The predicted molar refractivity (Wildman–Crippen MR) is 128 cm³/mol. The smallest absolute Gasteiger partial charge is 0.431 e. The van der Waals surface area contributed by atoms with Crippen LogP contribution in [0.3, 0.4) is 0 Å². The molecule has 0 atom stereocenters. The highest BCUT2D eigenvalue weighted by Gasteiger charge is 2.26. The number of nitrogens with zero attached hydrogens (tertiary/aromatic N) is 2. The summed E-state index contributed by atoms with van der Waals surface area (Å²) in [7, 11) is 0. The monoisotopic (exact) mass is 427 g/mol. The highest BCUT2D eigenvalue weighted by Crippen LogP contribution is 2.47. The zero-order chi connectivity index (χ0) is 21.8. The van der Waals surface area contributed by atoms with Crippen LogP contribution in [0.15, 0.2) is 35.2 Å². The van der Waals surface area contributed by atoms with Crippen molar-refractivity contribution in [2.24, 2.45) is 0 Å². The number of benzene rings is 2. The van der Waals surface area contributed by atoms with Crippen LogP contribution in [-0.2, 0) is 0 Å². The van der Waals surface area contributed by atoms with Crippen LogP contribution in [0.5, 0.6) is 11.5 Å². The van der Waals surface area contributed by atoms with Gasteiger partial charge in [-0.15, -0.1) is 12.6 Å². The molecule has 30 heavy (non-hydrogen) atoms. The van der Waals surface area contributed by atoms with Gasteiger partial charge in [0.2, 0.25) is 11.1 Å². The van der Waals surface area contributed by atoms with E-state index in [1.807, 2.05) is 6.92 Å². The van der Waals surface area contributed by atoms with Gasteiger partial charge in [-0.3, -0.25) is 0 Å². The summed E-state index contributed by atoms with van der Waals surface area (Å²) in [6.07, 6.45) is 10.0. The predicted octanol–water partition coefficient (Wildman–Crippen LogP) is 8.35. The highest BCUT2D eigenvalue weighted by atomic mass is 32.1. The lowest BCUT2D eigenvalue weighted by Gasteiger charge is -2.16. The molecule has 2 rings (SSSR count). The Morgan fingerprint density at radius 1 is 0.900 bits per heavy atom. The number of thiol groups is 1. The largest absolute Gasteiger partial charge is 0.493 e. The molecular weight excluding hydrogens is 392 g/mol. The first-order chi connectivity index (χ1) is 14.6. The summed E-state index contributed by atoms with van der Waals surface area (Å²) in [4.78, 5) is 4.03. The van der Waals surface area contributed by atoms with E-state index in [1.54, 1.807) is 6.07 Å². The zero-order valence-electron chi connectivity index (χ0n) is 18.6. The molecule has 0 aliphatic rings. The van der Waals surface area contributed by atoms with E-state index >= 15 is 0 Å². The van der Waals surface area contributed by atoms with E-state index in [0.29, 0.717) is 35.3 Å². The molecule has 0 saturated heterocycles. The number of ether oxygens (including phenoxy) is 2. The molecule has 0 saturated carbocycles. The second-order valence-electron chi connectivity index (χ2n) is 7.67. The second kappa shape index (κ2) is 13.2. The molecule has 0 heterocycles. The maximum atomic E-state index is 9.48. The maximum Gasteiger partial charge on any atom is 0.431 e. The molecule has 0 N–H and O–H groups in total. The molecule has 0 spiro atoms. The first-order valence-corrected chi connectivity index (χ1v) is 11.6. The Morgan fingerprint density at radius 3 is 2.13 bits per heavy atom. The van der Waals surface area contributed by atoms with Crippen LogP contribution in [0.1, 0.15) is 70.8 Å². The maximum absolute atomic E-state index is 9.48. The second-order valence-corrected chi connectivity index (χ2v) is 8.12. The number of unbranched alkanes of at least 4 members (excludes halogenated alkanes) is 7. The summed E-state index contributed by atoms with van der Waals surface area (Å²) >= 11 is 4.72. The Balaban J connectivity index is 2.12. The molecule has 0 bridgehead atoms. The average Bonchev–Trinajstić information content (AvgIpc) is 2.75. The van der Waals surface area contributed by atoms with Gasteiger partial charge in [0.25, 0.3) is 0 Å². The van der Waals surface area contributed by atoms with Crippen LogP contribution in [-0.4, -0.2) is 13.2 Å². The van der Waals surface area contributed by atoms with Crippen molar-refractivity contribution in [2.45, 2.75) is 77.0 Å². The summed E-state index contributed by atoms with van der Waals surface area (Å²) in [5, 5.41) is 9.48. The van der Waals surface area contributed by atoms with Gasteiger partial charge in [0.05, 0.1) is 24.2 Å². The van der Waals surface area contributed by atoms with Gasteiger partial charge in [-0.1, -0.05) is 81.7 Å². The number of rotatable bonds is 13. The lowest BCUT2D eigenvalue weighted by molar-refractivity contribution is 0.302. The minimum Gasteiger partial charge on any atom is -0.493 e. The highest BCUT2D eigenvalue weighted by molar-refractivity contribution is 7.80. The summed E-state index contributed by atoms with van der Waals surface area (Å²) in [5.41, 5.74) is 3.40. The molecule has 4 nitrogen and oxygen atoms in total. The fourth-order valence-corrected chi connectivity index (χ4v) is 3.92. The number of hydrogen-bond donors (Lipinski definition) is 1. The molecule has 2 aromatic rings. The van der Waals surface area contributed by atoms with E-state index in [-0.39, 0.29) is 0 Å². The lowest BCUT2D eigenvalue weighted by Crippen LogP contribution is -2.01.